The van der Waals surface area contributed by atoms with Crippen LogP contribution < -0.4 is 4.74 Å². The Bertz CT molecular complexity index is 584. The molecule has 0 bridgehead atoms. The minimum Gasteiger partial charge on any atom is -0.493 e. The number of benzene rings is 2. The predicted molar refractivity (Wildman–Crippen MR) is 76.7 cm³/mol. The normalized spacial score (nSPS) is 10.3. The Morgan fingerprint density at radius 2 is 1.90 bits per heavy atom. The maximum absolute atomic E-state index is 13.0. The lowest BCUT2D eigenvalue weighted by atomic mass is 10.1. The lowest BCUT2D eigenvalue weighted by Gasteiger charge is -2.06. The summed E-state index contributed by atoms with van der Waals surface area (Å²) in [5, 5.41) is 0.0378. The Labute approximate surface area is 122 Å². The van der Waals surface area contributed by atoms with E-state index in [0.29, 0.717) is 18.6 Å². The molecule has 0 saturated heterocycles. The van der Waals surface area contributed by atoms with Crippen molar-refractivity contribution < 1.29 is 13.9 Å². The molecule has 2 aromatic rings. The second kappa shape index (κ2) is 7.06. The largest absolute Gasteiger partial charge is 0.493 e. The van der Waals surface area contributed by atoms with Crippen molar-refractivity contribution in [2.24, 2.45) is 0 Å². The topological polar surface area (TPSA) is 26.3 Å². The van der Waals surface area contributed by atoms with Gasteiger partial charge in [-0.05, 0) is 29.8 Å². The average Bonchev–Trinajstić information content (AvgIpc) is 2.44. The molecular formula is C16H14ClFO2. The van der Waals surface area contributed by atoms with Crippen LogP contribution in [0.5, 0.6) is 5.75 Å². The number of carbonyl (C=O) groups excluding carboxylic acids is 1. The first kappa shape index (κ1) is 14.5. The number of hydrogen-bond donors (Lipinski definition) is 0. The highest BCUT2D eigenvalue weighted by molar-refractivity contribution is 6.30. The highest BCUT2D eigenvalue weighted by atomic mass is 35.5. The molecule has 0 unspecified atom stereocenters. The lowest BCUT2D eigenvalue weighted by molar-refractivity contribution is -0.118. The molecule has 2 aromatic carbocycles. The Hall–Kier alpha value is -1.87. The molecule has 2 nitrogen and oxygen atoms in total. The van der Waals surface area contributed by atoms with Crippen molar-refractivity contribution in [2.45, 2.75) is 12.8 Å². The Balaban J connectivity index is 1.79. The van der Waals surface area contributed by atoms with Gasteiger partial charge in [0.1, 0.15) is 17.3 Å². The Kier molecular flexibility index (Phi) is 5.13. The average molecular weight is 293 g/mol. The molecule has 0 amide bonds. The van der Waals surface area contributed by atoms with Crippen LogP contribution in [0.4, 0.5) is 4.39 Å². The number of rotatable bonds is 6. The molecule has 20 heavy (non-hydrogen) atoms. The van der Waals surface area contributed by atoms with E-state index in [4.69, 9.17) is 16.3 Å². The van der Waals surface area contributed by atoms with Crippen LogP contribution in [0.25, 0.3) is 0 Å². The molecule has 0 aliphatic rings. The number of para-hydroxylation sites is 1. The summed E-state index contributed by atoms with van der Waals surface area (Å²) in [6.45, 7) is 0.331. The highest BCUT2D eigenvalue weighted by Crippen LogP contribution is 2.17. The fourth-order valence-electron chi connectivity index (χ4n) is 1.77. The fraction of sp³-hybridized carbons (Fsp3) is 0.188. The van der Waals surface area contributed by atoms with Gasteiger partial charge in [-0.1, -0.05) is 35.9 Å². The van der Waals surface area contributed by atoms with Crippen molar-refractivity contribution in [1.82, 2.24) is 0 Å². The third-order valence-corrected chi connectivity index (χ3v) is 3.07. The quantitative estimate of drug-likeness (QED) is 0.802. The Morgan fingerprint density at radius 1 is 1.15 bits per heavy atom. The van der Waals surface area contributed by atoms with Crippen LogP contribution >= 0.6 is 11.6 Å². The molecule has 2 rings (SSSR count). The molecule has 0 fully saturated rings. The fourth-order valence-corrected chi connectivity index (χ4v) is 1.97. The number of Topliss-reactive ketones (excluding diaryl/α,β-unsaturated/α-hetero) is 1. The summed E-state index contributed by atoms with van der Waals surface area (Å²) < 4.78 is 18.4. The number of halogens is 2. The van der Waals surface area contributed by atoms with E-state index in [-0.39, 0.29) is 17.2 Å². The van der Waals surface area contributed by atoms with Crippen molar-refractivity contribution in [3.8, 4) is 5.75 Å². The van der Waals surface area contributed by atoms with Gasteiger partial charge in [-0.15, -0.1) is 0 Å². The minimum atomic E-state index is -0.477. The van der Waals surface area contributed by atoms with E-state index >= 15 is 0 Å². The van der Waals surface area contributed by atoms with Crippen LogP contribution in [0.15, 0.2) is 48.5 Å². The van der Waals surface area contributed by atoms with Gasteiger partial charge in [-0.2, -0.15) is 0 Å². The minimum absolute atomic E-state index is 0.0311. The zero-order valence-corrected chi connectivity index (χ0v) is 11.6. The van der Waals surface area contributed by atoms with E-state index in [1.54, 1.807) is 6.07 Å². The van der Waals surface area contributed by atoms with Crippen LogP contribution in [0.1, 0.15) is 12.0 Å². The van der Waals surface area contributed by atoms with Crippen molar-refractivity contribution >= 4 is 17.4 Å². The predicted octanol–water partition coefficient (Wildman–Crippen LogP) is 4.06. The molecule has 0 saturated carbocycles. The van der Waals surface area contributed by atoms with Crippen LogP contribution in [0, 0.1) is 5.82 Å². The molecule has 104 valence electrons. The van der Waals surface area contributed by atoms with Gasteiger partial charge >= 0.3 is 0 Å². The molecule has 4 heteroatoms. The summed E-state index contributed by atoms with van der Waals surface area (Å²) in [6, 6.07) is 13.6. The van der Waals surface area contributed by atoms with Crippen LogP contribution in [0.2, 0.25) is 5.02 Å². The zero-order chi connectivity index (χ0) is 14.4. The summed E-state index contributed by atoms with van der Waals surface area (Å²) in [5.41, 5.74) is 0.709. The van der Waals surface area contributed by atoms with Crippen LogP contribution in [-0.4, -0.2) is 12.4 Å². The van der Waals surface area contributed by atoms with Gasteiger partial charge in [0.05, 0.1) is 11.6 Å². The molecule has 0 aromatic heterocycles. The van der Waals surface area contributed by atoms with E-state index in [2.05, 4.69) is 0 Å². The van der Waals surface area contributed by atoms with Crippen molar-refractivity contribution in [3.05, 3.63) is 64.9 Å². The van der Waals surface area contributed by atoms with E-state index in [0.717, 1.165) is 5.75 Å². The molecule has 0 N–H and O–H groups in total. The van der Waals surface area contributed by atoms with Crippen molar-refractivity contribution in [2.75, 3.05) is 6.61 Å². The number of ketones is 1. The molecular weight excluding hydrogens is 279 g/mol. The molecule has 0 aliphatic heterocycles. The number of ether oxygens (including phenoxy) is 1. The summed E-state index contributed by atoms with van der Waals surface area (Å²) in [5.74, 6) is 0.295. The second-order valence-electron chi connectivity index (χ2n) is 4.38. The maximum Gasteiger partial charge on any atom is 0.141 e. The smallest absolute Gasteiger partial charge is 0.141 e. The summed E-state index contributed by atoms with van der Waals surface area (Å²) in [7, 11) is 0. The number of hydrogen-bond acceptors (Lipinski definition) is 2. The monoisotopic (exact) mass is 292 g/mol. The van der Waals surface area contributed by atoms with Gasteiger partial charge in [-0.3, -0.25) is 4.79 Å². The van der Waals surface area contributed by atoms with Gasteiger partial charge in [0.2, 0.25) is 0 Å². The summed E-state index contributed by atoms with van der Waals surface area (Å²) >= 11 is 5.67. The molecule has 0 radical (unpaired) electrons. The highest BCUT2D eigenvalue weighted by Gasteiger charge is 2.07. The van der Waals surface area contributed by atoms with Gasteiger partial charge in [0.15, 0.2) is 0 Å². The molecule has 0 spiro atoms. The van der Waals surface area contributed by atoms with Crippen LogP contribution in [0.3, 0.4) is 0 Å². The lowest BCUT2D eigenvalue weighted by Crippen LogP contribution is -2.09. The van der Waals surface area contributed by atoms with Gasteiger partial charge in [-0.25, -0.2) is 4.39 Å². The van der Waals surface area contributed by atoms with Gasteiger partial charge in [0.25, 0.3) is 0 Å². The standard InChI is InChI=1S/C16H14ClFO2/c17-15-11-12(6-7-16(15)18)10-13(19)8-9-20-14-4-2-1-3-5-14/h1-7,11H,8-10H2. The number of carbonyl (C=O) groups is 1. The van der Waals surface area contributed by atoms with E-state index in [9.17, 15) is 9.18 Å². The first-order valence-electron chi connectivity index (χ1n) is 6.28. The maximum atomic E-state index is 13.0. The third-order valence-electron chi connectivity index (χ3n) is 2.78. The van der Waals surface area contributed by atoms with E-state index in [1.807, 2.05) is 30.3 Å². The second-order valence-corrected chi connectivity index (χ2v) is 4.78. The molecule has 0 atom stereocenters. The molecule has 0 aliphatic carbocycles. The zero-order valence-electron chi connectivity index (χ0n) is 10.8. The van der Waals surface area contributed by atoms with Gasteiger partial charge in [0, 0.05) is 12.8 Å². The first-order valence-corrected chi connectivity index (χ1v) is 6.66. The summed E-state index contributed by atoms with van der Waals surface area (Å²) in [4.78, 5) is 11.8. The molecule has 0 heterocycles. The van der Waals surface area contributed by atoms with Gasteiger partial charge < -0.3 is 4.74 Å². The van der Waals surface area contributed by atoms with Crippen LogP contribution in [-0.2, 0) is 11.2 Å². The van der Waals surface area contributed by atoms with E-state index < -0.39 is 5.82 Å². The van der Waals surface area contributed by atoms with E-state index in [1.165, 1.54) is 12.1 Å². The van der Waals surface area contributed by atoms with Crippen molar-refractivity contribution in [1.29, 1.82) is 0 Å². The van der Waals surface area contributed by atoms with Crippen molar-refractivity contribution in [3.63, 3.8) is 0 Å². The summed E-state index contributed by atoms with van der Waals surface area (Å²) in [6.07, 6.45) is 0.544. The Morgan fingerprint density at radius 3 is 2.60 bits per heavy atom. The SMILES string of the molecule is O=C(CCOc1ccccc1)Cc1ccc(F)c(Cl)c1. The third kappa shape index (κ3) is 4.35. The first-order chi connectivity index (χ1) is 9.65.